The Bertz CT molecular complexity index is 754. The van der Waals surface area contributed by atoms with Crippen LogP contribution < -0.4 is 5.32 Å². The molecule has 0 saturated carbocycles. The number of carbonyl (C=O) groups excluding carboxylic acids is 1. The minimum absolute atomic E-state index is 0.0512. The minimum atomic E-state index is -0.0512. The molecule has 1 aromatic heterocycles. The van der Waals surface area contributed by atoms with Gasteiger partial charge < -0.3 is 10.1 Å². The first kappa shape index (κ1) is 20.0. The fraction of sp³-hybridized carbons (Fsp3) is 0.500. The second-order valence-electron chi connectivity index (χ2n) is 6.86. The van der Waals surface area contributed by atoms with Crippen LogP contribution in [0, 0.1) is 0 Å². The number of amides is 1. The van der Waals surface area contributed by atoms with E-state index in [1.807, 2.05) is 35.9 Å². The van der Waals surface area contributed by atoms with Gasteiger partial charge in [-0.25, -0.2) is 4.68 Å². The van der Waals surface area contributed by atoms with Crippen LogP contribution >= 0.6 is 15.9 Å². The van der Waals surface area contributed by atoms with Gasteiger partial charge in [-0.3, -0.25) is 9.69 Å². The van der Waals surface area contributed by atoms with E-state index in [-0.39, 0.29) is 11.9 Å². The third kappa shape index (κ3) is 5.18. The lowest BCUT2D eigenvalue weighted by molar-refractivity contribution is 0.0363. The van der Waals surface area contributed by atoms with Crippen molar-refractivity contribution in [1.82, 2.24) is 20.0 Å². The van der Waals surface area contributed by atoms with E-state index in [0.29, 0.717) is 5.56 Å². The summed E-state index contributed by atoms with van der Waals surface area (Å²) in [7, 11) is 0. The third-order valence-electron chi connectivity index (χ3n) is 4.88. The third-order valence-corrected chi connectivity index (χ3v) is 5.41. The molecule has 6 nitrogen and oxygen atoms in total. The van der Waals surface area contributed by atoms with Crippen LogP contribution in [0.3, 0.4) is 0 Å². The Morgan fingerprint density at radius 3 is 2.67 bits per heavy atom. The molecule has 1 fully saturated rings. The number of nitrogens with one attached hydrogen (secondary N) is 1. The first-order chi connectivity index (χ1) is 13.1. The summed E-state index contributed by atoms with van der Waals surface area (Å²) in [5.41, 5.74) is 2.53. The van der Waals surface area contributed by atoms with Crippen molar-refractivity contribution < 1.29 is 9.53 Å². The van der Waals surface area contributed by atoms with Gasteiger partial charge in [0.2, 0.25) is 0 Å². The molecule has 7 heteroatoms. The van der Waals surface area contributed by atoms with Crippen LogP contribution in [0.15, 0.2) is 34.9 Å². The molecule has 146 valence electrons. The Balaban J connectivity index is 1.63. The van der Waals surface area contributed by atoms with E-state index >= 15 is 0 Å². The van der Waals surface area contributed by atoms with Crippen LogP contribution in [0.4, 0.5) is 0 Å². The zero-order valence-corrected chi connectivity index (χ0v) is 17.5. The van der Waals surface area contributed by atoms with Crippen molar-refractivity contribution in [3.8, 4) is 5.69 Å². The van der Waals surface area contributed by atoms with Crippen molar-refractivity contribution in [2.45, 2.75) is 32.7 Å². The maximum Gasteiger partial charge on any atom is 0.254 e. The summed E-state index contributed by atoms with van der Waals surface area (Å²) in [6.07, 6.45) is 3.33. The van der Waals surface area contributed by atoms with Crippen LogP contribution in [0.25, 0.3) is 5.69 Å². The van der Waals surface area contributed by atoms with Crippen molar-refractivity contribution in [1.29, 1.82) is 0 Å². The van der Waals surface area contributed by atoms with Gasteiger partial charge in [0, 0.05) is 30.1 Å². The van der Waals surface area contributed by atoms with Crippen LogP contribution in [0.5, 0.6) is 0 Å². The highest BCUT2D eigenvalue weighted by atomic mass is 79.9. The molecule has 27 heavy (non-hydrogen) atoms. The van der Waals surface area contributed by atoms with Crippen LogP contribution in [0.2, 0.25) is 0 Å². The van der Waals surface area contributed by atoms with Crippen LogP contribution in [0.1, 0.15) is 36.3 Å². The minimum Gasteiger partial charge on any atom is -0.379 e. The van der Waals surface area contributed by atoms with Gasteiger partial charge in [0.15, 0.2) is 0 Å². The SMILES string of the molecule is CCc1c(C(=O)NC(C)CCN2CCOCC2)cnn1-c1ccc(Br)cc1. The van der Waals surface area contributed by atoms with Crippen molar-refractivity contribution in [2.24, 2.45) is 0 Å². The van der Waals surface area contributed by atoms with Gasteiger partial charge in [-0.15, -0.1) is 0 Å². The maximum absolute atomic E-state index is 12.8. The zero-order valence-electron chi connectivity index (χ0n) is 15.9. The zero-order chi connectivity index (χ0) is 19.2. The Labute approximate surface area is 169 Å². The van der Waals surface area contributed by atoms with E-state index < -0.39 is 0 Å². The van der Waals surface area contributed by atoms with Crippen molar-refractivity contribution in [2.75, 3.05) is 32.8 Å². The summed E-state index contributed by atoms with van der Waals surface area (Å²) < 4.78 is 8.24. The summed E-state index contributed by atoms with van der Waals surface area (Å²) >= 11 is 3.45. The molecule has 1 aromatic carbocycles. The normalized spacial score (nSPS) is 16.3. The molecule has 1 unspecified atom stereocenters. The van der Waals surface area contributed by atoms with Gasteiger partial charge >= 0.3 is 0 Å². The Morgan fingerprint density at radius 1 is 1.30 bits per heavy atom. The predicted molar refractivity (Wildman–Crippen MR) is 109 cm³/mol. The Kier molecular flexibility index (Phi) is 7.04. The average molecular weight is 435 g/mol. The van der Waals surface area contributed by atoms with Crippen molar-refractivity contribution >= 4 is 21.8 Å². The highest BCUT2D eigenvalue weighted by molar-refractivity contribution is 9.10. The van der Waals surface area contributed by atoms with E-state index in [4.69, 9.17) is 4.74 Å². The van der Waals surface area contributed by atoms with Crippen LogP contribution in [-0.2, 0) is 11.2 Å². The second-order valence-corrected chi connectivity index (χ2v) is 7.78. The quantitative estimate of drug-likeness (QED) is 0.727. The number of morpholine rings is 1. The summed E-state index contributed by atoms with van der Waals surface area (Å²) in [6, 6.07) is 8.04. The van der Waals surface area contributed by atoms with Gasteiger partial charge in [0.1, 0.15) is 0 Å². The van der Waals surface area contributed by atoms with Gasteiger partial charge in [0.05, 0.1) is 36.4 Å². The molecule has 0 spiro atoms. The molecular formula is C20H27BrN4O2. The van der Waals surface area contributed by atoms with Gasteiger partial charge in [-0.2, -0.15) is 5.10 Å². The summed E-state index contributed by atoms with van der Waals surface area (Å²) in [6.45, 7) is 8.63. The number of hydrogen-bond donors (Lipinski definition) is 1. The molecule has 1 aliphatic heterocycles. The molecule has 0 aliphatic carbocycles. The number of ether oxygens (including phenoxy) is 1. The number of hydrogen-bond acceptors (Lipinski definition) is 4. The molecule has 0 bridgehead atoms. The van der Waals surface area contributed by atoms with E-state index in [1.165, 1.54) is 0 Å². The van der Waals surface area contributed by atoms with E-state index in [2.05, 4.69) is 38.2 Å². The molecule has 1 atom stereocenters. The van der Waals surface area contributed by atoms with Crippen LogP contribution in [-0.4, -0.2) is 59.5 Å². The Morgan fingerprint density at radius 2 is 2.00 bits per heavy atom. The highest BCUT2D eigenvalue weighted by Gasteiger charge is 2.19. The smallest absolute Gasteiger partial charge is 0.254 e. The first-order valence-corrected chi connectivity index (χ1v) is 10.3. The molecule has 1 amide bonds. The number of halogens is 1. The fourth-order valence-corrected chi connectivity index (χ4v) is 3.55. The van der Waals surface area contributed by atoms with Gasteiger partial charge in [-0.05, 0) is 44.0 Å². The lowest BCUT2D eigenvalue weighted by Gasteiger charge is -2.27. The molecular weight excluding hydrogens is 408 g/mol. The first-order valence-electron chi connectivity index (χ1n) is 9.52. The maximum atomic E-state index is 12.8. The number of nitrogens with zero attached hydrogens (tertiary/aromatic N) is 3. The largest absolute Gasteiger partial charge is 0.379 e. The average Bonchev–Trinajstić information content (AvgIpc) is 3.12. The molecule has 1 aliphatic rings. The Hall–Kier alpha value is -1.70. The summed E-state index contributed by atoms with van der Waals surface area (Å²) in [4.78, 5) is 15.2. The van der Waals surface area contributed by atoms with Gasteiger partial charge in [-0.1, -0.05) is 22.9 Å². The topological polar surface area (TPSA) is 59.4 Å². The number of rotatable bonds is 7. The molecule has 1 saturated heterocycles. The molecule has 3 rings (SSSR count). The summed E-state index contributed by atoms with van der Waals surface area (Å²) in [5.74, 6) is -0.0512. The van der Waals surface area contributed by atoms with E-state index in [0.717, 1.165) is 61.5 Å². The summed E-state index contributed by atoms with van der Waals surface area (Å²) in [5, 5.41) is 7.58. The number of carbonyl (C=O) groups is 1. The fourth-order valence-electron chi connectivity index (χ4n) is 3.28. The van der Waals surface area contributed by atoms with E-state index in [1.54, 1.807) is 6.20 Å². The van der Waals surface area contributed by atoms with Gasteiger partial charge in [0.25, 0.3) is 5.91 Å². The van der Waals surface area contributed by atoms with Crippen molar-refractivity contribution in [3.05, 3.63) is 46.2 Å². The monoisotopic (exact) mass is 434 g/mol. The lowest BCUT2D eigenvalue weighted by atomic mass is 10.1. The molecule has 2 heterocycles. The van der Waals surface area contributed by atoms with E-state index in [9.17, 15) is 4.79 Å². The lowest BCUT2D eigenvalue weighted by Crippen LogP contribution is -2.40. The molecule has 2 aromatic rings. The number of aromatic nitrogens is 2. The highest BCUT2D eigenvalue weighted by Crippen LogP contribution is 2.18. The number of benzene rings is 1. The predicted octanol–water partition coefficient (Wildman–Crippen LogP) is 3.04. The second kappa shape index (κ2) is 9.48. The molecule has 0 radical (unpaired) electrons. The van der Waals surface area contributed by atoms with Crippen molar-refractivity contribution in [3.63, 3.8) is 0 Å². The standard InChI is InChI=1S/C20H27BrN4O2/c1-3-19-18(14-22-25(19)17-6-4-16(21)5-7-17)20(26)23-15(2)8-9-24-10-12-27-13-11-24/h4-7,14-15H,3,8-13H2,1-2H3,(H,23,26). The molecule has 1 N–H and O–H groups in total.